The Morgan fingerprint density at radius 2 is 1.68 bits per heavy atom. The summed E-state index contributed by atoms with van der Waals surface area (Å²) in [5, 5.41) is 49.6. The van der Waals surface area contributed by atoms with Crippen molar-refractivity contribution in [1.29, 1.82) is 0 Å². The van der Waals surface area contributed by atoms with Crippen LogP contribution in [-0.2, 0) is 17.1 Å². The first-order chi connectivity index (χ1) is 11.8. The molecule has 2 aliphatic rings. The molecule has 0 aliphatic carbocycles. The maximum atomic E-state index is 10.3. The first kappa shape index (κ1) is 21.8. The molecule has 0 saturated carbocycles. The Bertz CT molecular complexity index is 412. The van der Waals surface area contributed by atoms with Gasteiger partial charge < -0.3 is 0 Å². The van der Waals surface area contributed by atoms with Gasteiger partial charge in [0.25, 0.3) is 0 Å². The molecule has 144 valence electrons. The molecule has 25 heavy (non-hydrogen) atoms. The molecule has 0 aromatic carbocycles. The third kappa shape index (κ3) is 4.87. The van der Waals surface area contributed by atoms with Crippen LogP contribution in [0.5, 0.6) is 0 Å². The van der Waals surface area contributed by atoms with Gasteiger partial charge in [-0.1, -0.05) is 0 Å². The summed E-state index contributed by atoms with van der Waals surface area (Å²) >= 11 is 0.341. The standard InChI is InChI=1S/C15H27O9.In/c1-6(2)14-7(18)3-8(9(4-16)22-14)23-15-13(21)12(20)11(19)10(5-17)24-15;/h6-19,21H,3-5H2,1-2H3;/q-1;+1/t7-,8+,9-,10-,11+,12+,13-,14+,15-;/m1./s1. The van der Waals surface area contributed by atoms with E-state index in [-0.39, 0.29) is 18.9 Å². The minimum atomic E-state index is -1.27. The van der Waals surface area contributed by atoms with Crippen LogP contribution in [0, 0.1) is 5.92 Å². The third-order valence-corrected chi connectivity index (χ3v) is 5.62. The molecule has 2 radical (unpaired) electrons. The summed E-state index contributed by atoms with van der Waals surface area (Å²) in [7, 11) is 0. The molecule has 0 spiro atoms. The summed E-state index contributed by atoms with van der Waals surface area (Å²) in [5.74, 6) is 0.0675. The summed E-state index contributed by atoms with van der Waals surface area (Å²) in [4.78, 5) is 0. The van der Waals surface area contributed by atoms with E-state index >= 15 is 0 Å². The molecule has 2 rings (SSSR count). The zero-order valence-electron chi connectivity index (χ0n) is 14.3. The van der Waals surface area contributed by atoms with Crippen LogP contribution in [0.3, 0.4) is 0 Å². The molecule has 2 aliphatic heterocycles. The zero-order valence-corrected chi connectivity index (χ0v) is 17.6. The van der Waals surface area contributed by atoms with Gasteiger partial charge in [0.2, 0.25) is 0 Å². The van der Waals surface area contributed by atoms with Crippen molar-refractivity contribution < 1.29 is 42.6 Å². The third-order valence-electron chi connectivity index (χ3n) is 4.72. The van der Waals surface area contributed by atoms with E-state index in [4.69, 9.17) is 17.1 Å². The molecule has 2 saturated heterocycles. The molecule has 2 heterocycles. The average Bonchev–Trinajstić information content (AvgIpc) is 2.57. The van der Waals surface area contributed by atoms with E-state index in [0.29, 0.717) is 24.8 Å². The fourth-order valence-corrected chi connectivity index (χ4v) is 4.23. The van der Waals surface area contributed by atoms with E-state index in [9.17, 15) is 25.5 Å². The Hall–Kier alpha value is 0.510. The molecule has 10 heteroatoms. The fourth-order valence-electron chi connectivity index (χ4n) is 3.31. The maximum absolute atomic E-state index is 10.3. The molecule has 5 N–H and O–H groups in total. The molecule has 2 fully saturated rings. The van der Waals surface area contributed by atoms with Crippen molar-refractivity contribution in [2.45, 2.75) is 75.4 Å². The summed E-state index contributed by atoms with van der Waals surface area (Å²) in [5.41, 5.74) is 0. The van der Waals surface area contributed by atoms with Crippen molar-refractivity contribution in [1.82, 2.24) is 0 Å². The van der Waals surface area contributed by atoms with Crippen LogP contribution in [0.1, 0.15) is 20.3 Å². The van der Waals surface area contributed by atoms with Crippen molar-refractivity contribution in [3.63, 3.8) is 0 Å². The van der Waals surface area contributed by atoms with Gasteiger partial charge in [0.1, 0.15) is 0 Å². The Labute approximate surface area is 162 Å². The van der Waals surface area contributed by atoms with E-state index in [0.717, 1.165) is 0 Å². The van der Waals surface area contributed by atoms with Gasteiger partial charge in [-0.3, -0.25) is 0 Å². The Morgan fingerprint density at radius 1 is 1.04 bits per heavy atom. The first-order valence-electron chi connectivity index (χ1n) is 8.41. The van der Waals surface area contributed by atoms with Gasteiger partial charge in [0, 0.05) is 0 Å². The number of hydrogen-bond acceptors (Lipinski definition) is 9. The molecule has 0 amide bonds. The van der Waals surface area contributed by atoms with Crippen molar-refractivity contribution in [2.75, 3.05) is 13.2 Å². The average molecular weight is 466 g/mol. The normalized spacial score (nSPS) is 45.7. The van der Waals surface area contributed by atoms with Crippen molar-refractivity contribution in [3.05, 3.63) is 0 Å². The second-order valence-electron chi connectivity index (χ2n) is 6.85. The van der Waals surface area contributed by atoms with Crippen LogP contribution >= 0.6 is 0 Å². The summed E-state index contributed by atoms with van der Waals surface area (Å²) < 4.78 is 22.2. The van der Waals surface area contributed by atoms with Crippen molar-refractivity contribution >= 4 is 24.8 Å². The van der Waals surface area contributed by atoms with Crippen LogP contribution in [-0.4, -0.2) is 119 Å². The van der Waals surface area contributed by atoms with E-state index in [1.54, 1.807) is 0 Å². The van der Waals surface area contributed by atoms with Gasteiger partial charge in [0.15, 0.2) is 0 Å². The predicted molar refractivity (Wildman–Crippen MR) is 84.5 cm³/mol. The summed E-state index contributed by atoms with van der Waals surface area (Å²) in [6.07, 6.45) is -7.91. The van der Waals surface area contributed by atoms with Crippen LogP contribution in [0.2, 0.25) is 0 Å². The number of hydrogen-bond donors (Lipinski definition) is 5. The molecule has 0 unspecified atom stereocenters. The van der Waals surface area contributed by atoms with Gasteiger partial charge in [-0.2, -0.15) is 0 Å². The molecule has 9 nitrogen and oxygen atoms in total. The monoisotopic (exact) mass is 466 g/mol. The van der Waals surface area contributed by atoms with Gasteiger partial charge in [0.05, 0.1) is 0 Å². The topological polar surface area (TPSA) is 138 Å². The SMILES string of the molecule is CC(C)[C@@H]1O[C@H](CO)[C@@H](O[C@@H]2O[C@H](CO)[C@H](O)[C@H]([O][In])[C@H]2O)C[C@H]1O. The Kier molecular flexibility index (Phi) is 8.40. The molecule has 0 aromatic rings. The number of ether oxygens (including phenoxy) is 3. The number of rotatable bonds is 6. The van der Waals surface area contributed by atoms with Gasteiger partial charge in [-0.25, -0.2) is 0 Å². The van der Waals surface area contributed by atoms with Crippen LogP contribution < -0.4 is 0 Å². The number of aliphatic hydroxyl groups is 5. The van der Waals surface area contributed by atoms with Crippen LogP contribution in [0.25, 0.3) is 0 Å². The molecular weight excluding hydrogens is 439 g/mol. The van der Waals surface area contributed by atoms with E-state index < -0.39 is 61.7 Å². The van der Waals surface area contributed by atoms with Crippen LogP contribution in [0.15, 0.2) is 0 Å². The van der Waals surface area contributed by atoms with E-state index in [1.165, 1.54) is 0 Å². The molecule has 0 aromatic heterocycles. The summed E-state index contributed by atoms with van der Waals surface area (Å²) in [6.45, 7) is 3.06. The minimum absolute atomic E-state index is 0.0675. The zero-order chi connectivity index (χ0) is 18.7. The molecule has 9 atom stereocenters. The van der Waals surface area contributed by atoms with Crippen LogP contribution in [0.4, 0.5) is 0 Å². The Morgan fingerprint density at radius 3 is 2.20 bits per heavy atom. The molecule has 0 bridgehead atoms. The van der Waals surface area contributed by atoms with Gasteiger partial charge in [-0.05, 0) is 0 Å². The fraction of sp³-hybridized carbons (Fsp3) is 1.00. The Balaban J connectivity index is 2.08. The van der Waals surface area contributed by atoms with Gasteiger partial charge in [-0.15, -0.1) is 0 Å². The predicted octanol–water partition coefficient (Wildman–Crippen LogP) is -2.55. The first-order valence-corrected chi connectivity index (χ1v) is 9.76. The summed E-state index contributed by atoms with van der Waals surface area (Å²) in [6, 6.07) is 0. The quantitative estimate of drug-likeness (QED) is 0.287. The second kappa shape index (κ2) is 9.63. The van der Waals surface area contributed by atoms with Crippen molar-refractivity contribution in [3.8, 4) is 0 Å². The van der Waals surface area contributed by atoms with Crippen molar-refractivity contribution in [2.24, 2.45) is 5.92 Å². The van der Waals surface area contributed by atoms with E-state index in [2.05, 4.69) is 0 Å². The number of aliphatic hydroxyl groups excluding tert-OH is 5. The molecular formula is C15H27InO9. The van der Waals surface area contributed by atoms with Gasteiger partial charge >= 0.3 is 162 Å². The second-order valence-corrected chi connectivity index (χ2v) is 7.63. The van der Waals surface area contributed by atoms with E-state index in [1.807, 2.05) is 13.8 Å².